The van der Waals surface area contributed by atoms with Crippen LogP contribution in [0.2, 0.25) is 0 Å². The second-order valence-electron chi connectivity index (χ2n) is 9.13. The smallest absolute Gasteiger partial charge is 0.307 e. The number of ether oxygens (including phenoxy) is 5. The summed E-state index contributed by atoms with van der Waals surface area (Å²) in [5.74, 6) is -1.56. The van der Waals surface area contributed by atoms with Crippen molar-refractivity contribution in [3.8, 4) is 0 Å². The molecule has 0 saturated heterocycles. The van der Waals surface area contributed by atoms with Crippen LogP contribution in [0, 0.1) is 0 Å². The molecule has 0 heterocycles. The molecule has 0 aliphatic carbocycles. The van der Waals surface area contributed by atoms with E-state index in [1.165, 1.54) is 28.4 Å². The molecule has 0 bridgehead atoms. The largest absolute Gasteiger partial charge is 0.469 e. The van der Waals surface area contributed by atoms with Crippen LogP contribution in [0.3, 0.4) is 0 Å². The van der Waals surface area contributed by atoms with Gasteiger partial charge in [-0.25, -0.2) is 0 Å². The Bertz CT molecular complexity index is 748. The summed E-state index contributed by atoms with van der Waals surface area (Å²) in [5.41, 5.74) is 0. The molecule has 41 heavy (non-hydrogen) atoms. The lowest BCUT2D eigenvalue weighted by Crippen LogP contribution is -2.42. The van der Waals surface area contributed by atoms with E-state index in [2.05, 4.69) is 10.2 Å². The molecule has 0 saturated carbocycles. The fourth-order valence-electron chi connectivity index (χ4n) is 3.78. The number of esters is 5. The highest BCUT2D eigenvalue weighted by Crippen LogP contribution is 2.01. The van der Waals surface area contributed by atoms with Crippen molar-refractivity contribution in [3.05, 3.63) is 0 Å². The van der Waals surface area contributed by atoms with Crippen molar-refractivity contribution in [1.29, 1.82) is 0 Å². The molecule has 0 atom stereocenters. The van der Waals surface area contributed by atoms with Crippen LogP contribution >= 0.6 is 0 Å². The number of methoxy groups -OCH3 is 4. The minimum Gasteiger partial charge on any atom is -0.469 e. The summed E-state index contributed by atoms with van der Waals surface area (Å²) in [6.07, 6.45) is 1.09. The van der Waals surface area contributed by atoms with E-state index in [-0.39, 0.29) is 62.0 Å². The van der Waals surface area contributed by atoms with Gasteiger partial charge in [-0.1, -0.05) is 0 Å². The van der Waals surface area contributed by atoms with E-state index >= 15 is 0 Å². The van der Waals surface area contributed by atoms with Crippen LogP contribution in [-0.4, -0.2) is 152 Å². The molecule has 0 unspecified atom stereocenters. The van der Waals surface area contributed by atoms with Crippen molar-refractivity contribution in [3.63, 3.8) is 0 Å². The predicted octanol–water partition coefficient (Wildman–Crippen LogP) is -0.312. The first-order valence-electron chi connectivity index (χ1n) is 14.0. The van der Waals surface area contributed by atoms with Gasteiger partial charge in [0.15, 0.2) is 0 Å². The third kappa shape index (κ3) is 21.6. The van der Waals surface area contributed by atoms with E-state index in [4.69, 9.17) is 23.7 Å². The highest BCUT2D eigenvalue weighted by molar-refractivity contribution is 5.71. The Morgan fingerprint density at radius 2 is 0.756 bits per heavy atom. The van der Waals surface area contributed by atoms with Gasteiger partial charge in [0.1, 0.15) is 0 Å². The average Bonchev–Trinajstić information content (AvgIpc) is 2.98. The Labute approximate surface area is 243 Å². The van der Waals surface area contributed by atoms with Gasteiger partial charge < -0.3 is 43.7 Å². The average molecular weight is 591 g/mol. The molecule has 0 aliphatic rings. The first-order valence-corrected chi connectivity index (χ1v) is 14.0. The summed E-state index contributed by atoms with van der Waals surface area (Å²) in [4.78, 5) is 64.5. The molecule has 0 aliphatic heterocycles. The van der Waals surface area contributed by atoms with Crippen molar-refractivity contribution in [2.75, 3.05) is 107 Å². The van der Waals surface area contributed by atoms with Crippen molar-refractivity contribution in [2.45, 2.75) is 39.0 Å². The third-order valence-electron chi connectivity index (χ3n) is 6.32. The molecule has 0 spiro atoms. The molecule has 238 valence electrons. The van der Waals surface area contributed by atoms with E-state index in [1.54, 1.807) is 6.92 Å². The highest BCUT2D eigenvalue weighted by Gasteiger charge is 2.15. The molecule has 0 aromatic heterocycles. The van der Waals surface area contributed by atoms with Gasteiger partial charge in [-0.05, 0) is 6.92 Å². The number of carbonyl (C=O) groups is 5. The normalized spacial score (nSPS) is 11.0. The number of hydrogen-bond acceptors (Lipinski definition) is 14. The first-order chi connectivity index (χ1) is 19.7. The van der Waals surface area contributed by atoms with Crippen LogP contribution in [0.5, 0.6) is 0 Å². The molecule has 1 N–H and O–H groups in total. The highest BCUT2D eigenvalue weighted by atomic mass is 16.5. The second kappa shape index (κ2) is 24.9. The van der Waals surface area contributed by atoms with E-state index < -0.39 is 0 Å². The van der Waals surface area contributed by atoms with Gasteiger partial charge in [0.05, 0.1) is 67.2 Å². The molecular formula is C27H50N4O10. The van der Waals surface area contributed by atoms with Gasteiger partial charge in [0, 0.05) is 72.0 Å². The Hall–Kier alpha value is -2.81. The Morgan fingerprint density at radius 1 is 0.463 bits per heavy atom. The molecule has 0 amide bonds. The lowest BCUT2D eigenvalue weighted by atomic mass is 10.3. The summed E-state index contributed by atoms with van der Waals surface area (Å²) >= 11 is 0. The summed E-state index contributed by atoms with van der Waals surface area (Å²) in [6.45, 7) is 8.06. The van der Waals surface area contributed by atoms with Crippen LogP contribution in [0.15, 0.2) is 0 Å². The third-order valence-corrected chi connectivity index (χ3v) is 6.32. The molecule has 14 heteroatoms. The molecule has 0 fully saturated rings. The van der Waals surface area contributed by atoms with Crippen LogP contribution in [-0.2, 0) is 47.7 Å². The van der Waals surface area contributed by atoms with Crippen LogP contribution in [0.1, 0.15) is 39.0 Å². The standard InChI is InChI=1S/C27H50N4O10/c1-6-41-27(36)11-18-29(14-7-23(32)37-2)19-12-28-13-20-31(17-10-26(35)40-5)22-21-30(15-8-24(33)38-3)16-9-25(34)39-4/h28H,6-22H2,1-5H3. The van der Waals surface area contributed by atoms with Crippen molar-refractivity contribution in [2.24, 2.45) is 0 Å². The van der Waals surface area contributed by atoms with Crippen molar-refractivity contribution < 1.29 is 47.7 Å². The lowest BCUT2D eigenvalue weighted by Gasteiger charge is -2.27. The number of nitrogens with zero attached hydrogens (tertiary/aromatic N) is 3. The first kappa shape index (κ1) is 38.2. The number of rotatable bonds is 25. The van der Waals surface area contributed by atoms with E-state index in [0.717, 1.165) is 0 Å². The Kier molecular flexibility index (Phi) is 23.2. The van der Waals surface area contributed by atoms with Gasteiger partial charge in [-0.3, -0.25) is 24.0 Å². The maximum atomic E-state index is 11.8. The number of nitrogens with one attached hydrogen (secondary N) is 1. The summed E-state index contributed by atoms with van der Waals surface area (Å²) in [7, 11) is 5.36. The molecular weight excluding hydrogens is 540 g/mol. The minimum atomic E-state index is -0.331. The Balaban J connectivity index is 4.92. The molecule has 0 radical (unpaired) electrons. The minimum absolute atomic E-state index is 0.198. The van der Waals surface area contributed by atoms with E-state index in [1.807, 2.05) is 9.80 Å². The molecule has 0 aromatic rings. The maximum absolute atomic E-state index is 11.8. The topological polar surface area (TPSA) is 153 Å². The fraction of sp³-hybridized carbons (Fsp3) is 0.815. The van der Waals surface area contributed by atoms with Gasteiger partial charge in [-0.15, -0.1) is 0 Å². The maximum Gasteiger partial charge on any atom is 0.307 e. The summed E-state index contributed by atoms with van der Waals surface area (Å²) in [5, 5.41) is 3.38. The molecule has 0 aromatic carbocycles. The van der Waals surface area contributed by atoms with Gasteiger partial charge >= 0.3 is 29.8 Å². The zero-order valence-electron chi connectivity index (χ0n) is 25.4. The zero-order chi connectivity index (χ0) is 30.9. The SMILES string of the molecule is CCOC(=O)CCN(CCNCCN(CCC(=O)OC)CCN(CCC(=O)OC)CCC(=O)OC)CCC(=O)OC. The Morgan fingerprint density at radius 3 is 1.07 bits per heavy atom. The number of hydrogen-bond donors (Lipinski definition) is 1. The van der Waals surface area contributed by atoms with Crippen molar-refractivity contribution >= 4 is 29.8 Å². The quantitative estimate of drug-likeness (QED) is 0.0840. The van der Waals surface area contributed by atoms with Crippen LogP contribution in [0.4, 0.5) is 0 Å². The van der Waals surface area contributed by atoms with Crippen molar-refractivity contribution in [1.82, 2.24) is 20.0 Å². The molecule has 14 nitrogen and oxygen atoms in total. The second-order valence-corrected chi connectivity index (χ2v) is 9.13. The fourth-order valence-corrected chi connectivity index (χ4v) is 3.78. The summed E-state index contributed by atoms with van der Waals surface area (Å²) in [6, 6.07) is 0. The van der Waals surface area contributed by atoms with E-state index in [0.29, 0.717) is 78.6 Å². The van der Waals surface area contributed by atoms with Gasteiger partial charge in [-0.2, -0.15) is 0 Å². The predicted molar refractivity (Wildman–Crippen MR) is 150 cm³/mol. The number of carbonyl (C=O) groups excluding carboxylic acids is 5. The van der Waals surface area contributed by atoms with Crippen LogP contribution in [0.25, 0.3) is 0 Å². The van der Waals surface area contributed by atoms with Gasteiger partial charge in [0.25, 0.3) is 0 Å². The monoisotopic (exact) mass is 590 g/mol. The van der Waals surface area contributed by atoms with Gasteiger partial charge in [0.2, 0.25) is 0 Å². The lowest BCUT2D eigenvalue weighted by molar-refractivity contribution is -0.144. The van der Waals surface area contributed by atoms with E-state index in [9.17, 15) is 24.0 Å². The van der Waals surface area contributed by atoms with Crippen LogP contribution < -0.4 is 5.32 Å². The zero-order valence-corrected chi connectivity index (χ0v) is 25.4. The molecule has 0 rings (SSSR count). The summed E-state index contributed by atoms with van der Waals surface area (Å²) < 4.78 is 24.0.